The molecule has 0 aliphatic heterocycles. The molecule has 0 fully saturated rings. The van der Waals surface area contributed by atoms with Crippen LogP contribution < -0.4 is 5.73 Å². The summed E-state index contributed by atoms with van der Waals surface area (Å²) in [6.45, 7) is 0.202. The van der Waals surface area contributed by atoms with Gasteiger partial charge in [0.15, 0.2) is 5.82 Å². The quantitative estimate of drug-likeness (QED) is 0.819. The van der Waals surface area contributed by atoms with Crippen LogP contribution in [0, 0.1) is 0 Å². The predicted molar refractivity (Wildman–Crippen MR) is 75.1 cm³/mol. The van der Waals surface area contributed by atoms with E-state index in [-0.39, 0.29) is 12.3 Å². The van der Waals surface area contributed by atoms with E-state index in [1.165, 1.54) is 10.9 Å². The van der Waals surface area contributed by atoms with Crippen molar-refractivity contribution in [2.45, 2.75) is 6.54 Å². The molecule has 0 bridgehead atoms. The molecule has 2 aromatic rings. The lowest BCUT2D eigenvalue weighted by Gasteiger charge is -2.05. The van der Waals surface area contributed by atoms with E-state index in [4.69, 9.17) is 5.73 Å². The zero-order valence-corrected chi connectivity index (χ0v) is 12.5. The molecule has 9 heteroatoms. The van der Waals surface area contributed by atoms with Crippen LogP contribution in [0.4, 0.5) is 5.69 Å². The molecule has 0 amide bonds. The van der Waals surface area contributed by atoms with Crippen LogP contribution >= 0.6 is 15.9 Å². The van der Waals surface area contributed by atoms with Crippen molar-refractivity contribution in [3.8, 4) is 11.4 Å². The lowest BCUT2D eigenvalue weighted by atomic mass is 10.2. The summed E-state index contributed by atoms with van der Waals surface area (Å²) in [5, 5.41) is 11.3. The van der Waals surface area contributed by atoms with Crippen molar-refractivity contribution in [2.75, 3.05) is 17.7 Å². The fourth-order valence-corrected chi connectivity index (χ4v) is 2.57. The number of nitrogens with zero attached hydrogens (tertiary/aromatic N) is 4. The highest BCUT2D eigenvalue weighted by Gasteiger charge is 2.12. The first-order valence-corrected chi connectivity index (χ1v) is 8.21. The van der Waals surface area contributed by atoms with Gasteiger partial charge in [-0.15, -0.1) is 5.10 Å². The maximum atomic E-state index is 11.2. The topological polar surface area (TPSA) is 104 Å². The van der Waals surface area contributed by atoms with Crippen molar-refractivity contribution in [2.24, 2.45) is 0 Å². The van der Waals surface area contributed by atoms with Crippen LogP contribution in [0.2, 0.25) is 0 Å². The standard InChI is InChI=1S/C10H12BrN5O2S/c1-19(17,18)3-2-16-10(13-14-15-16)7-4-8(11)6-9(12)5-7/h4-6H,2-3,12H2,1H3. The van der Waals surface area contributed by atoms with E-state index >= 15 is 0 Å². The van der Waals surface area contributed by atoms with Gasteiger partial charge < -0.3 is 5.73 Å². The van der Waals surface area contributed by atoms with E-state index in [1.807, 2.05) is 6.07 Å². The van der Waals surface area contributed by atoms with Crippen LogP contribution in [0.25, 0.3) is 11.4 Å². The number of anilines is 1. The predicted octanol–water partition coefficient (Wildman–Crippen LogP) is 0.729. The van der Waals surface area contributed by atoms with Gasteiger partial charge in [-0.2, -0.15) is 0 Å². The largest absolute Gasteiger partial charge is 0.399 e. The van der Waals surface area contributed by atoms with Gasteiger partial charge >= 0.3 is 0 Å². The summed E-state index contributed by atoms with van der Waals surface area (Å²) in [5.74, 6) is 0.464. The van der Waals surface area contributed by atoms with Crippen molar-refractivity contribution in [1.29, 1.82) is 0 Å². The van der Waals surface area contributed by atoms with Gasteiger partial charge in [-0.1, -0.05) is 15.9 Å². The molecule has 0 saturated carbocycles. The van der Waals surface area contributed by atoms with Crippen LogP contribution in [0.5, 0.6) is 0 Å². The minimum atomic E-state index is -3.07. The second-order valence-electron chi connectivity index (χ2n) is 4.13. The summed E-state index contributed by atoms with van der Waals surface area (Å²) in [7, 11) is -3.07. The van der Waals surface area contributed by atoms with Crippen molar-refractivity contribution in [3.63, 3.8) is 0 Å². The third kappa shape index (κ3) is 3.74. The summed E-state index contributed by atoms with van der Waals surface area (Å²) < 4.78 is 24.6. The van der Waals surface area contributed by atoms with Crippen molar-refractivity contribution < 1.29 is 8.42 Å². The molecule has 0 atom stereocenters. The lowest BCUT2D eigenvalue weighted by molar-refractivity contribution is 0.581. The average molecular weight is 346 g/mol. The van der Waals surface area contributed by atoms with Crippen molar-refractivity contribution >= 4 is 31.5 Å². The van der Waals surface area contributed by atoms with Gasteiger partial charge in [0.05, 0.1) is 12.3 Å². The number of hydrogen-bond acceptors (Lipinski definition) is 6. The molecular weight excluding hydrogens is 334 g/mol. The number of benzene rings is 1. The number of rotatable bonds is 4. The number of nitrogen functional groups attached to an aromatic ring is 1. The summed E-state index contributed by atoms with van der Waals surface area (Å²) in [6.07, 6.45) is 1.17. The Hall–Kier alpha value is -1.48. The minimum Gasteiger partial charge on any atom is -0.399 e. The molecule has 0 aliphatic rings. The molecule has 102 valence electrons. The SMILES string of the molecule is CS(=O)(=O)CCn1nnnc1-c1cc(N)cc(Br)c1. The molecule has 7 nitrogen and oxygen atoms in total. The highest BCUT2D eigenvalue weighted by molar-refractivity contribution is 9.10. The van der Waals surface area contributed by atoms with Gasteiger partial charge in [0.2, 0.25) is 0 Å². The smallest absolute Gasteiger partial charge is 0.182 e. The van der Waals surface area contributed by atoms with Crippen molar-refractivity contribution in [1.82, 2.24) is 20.2 Å². The van der Waals surface area contributed by atoms with Gasteiger partial charge in [0, 0.05) is 22.0 Å². The first kappa shape index (κ1) is 13.9. The molecule has 0 unspecified atom stereocenters. The van der Waals surface area contributed by atoms with E-state index < -0.39 is 9.84 Å². The first-order chi connectivity index (χ1) is 8.85. The fraction of sp³-hybridized carbons (Fsp3) is 0.300. The van der Waals surface area contributed by atoms with E-state index in [9.17, 15) is 8.42 Å². The highest BCUT2D eigenvalue weighted by Crippen LogP contribution is 2.24. The number of tetrazole rings is 1. The summed E-state index contributed by atoms with van der Waals surface area (Å²) >= 11 is 3.34. The van der Waals surface area contributed by atoms with Gasteiger partial charge in [0.1, 0.15) is 9.84 Å². The molecule has 1 heterocycles. The van der Waals surface area contributed by atoms with E-state index in [1.54, 1.807) is 12.1 Å². The van der Waals surface area contributed by atoms with Crippen LogP contribution in [-0.2, 0) is 16.4 Å². The Balaban J connectivity index is 2.33. The number of sulfone groups is 1. The normalized spacial score (nSPS) is 11.7. The molecule has 19 heavy (non-hydrogen) atoms. The Morgan fingerprint density at radius 3 is 2.74 bits per heavy atom. The maximum Gasteiger partial charge on any atom is 0.182 e. The first-order valence-electron chi connectivity index (χ1n) is 5.35. The second kappa shape index (κ2) is 5.25. The molecule has 1 aromatic carbocycles. The lowest BCUT2D eigenvalue weighted by Crippen LogP contribution is -2.13. The fourth-order valence-electron chi connectivity index (χ4n) is 1.56. The summed E-state index contributed by atoms with van der Waals surface area (Å²) in [6, 6.07) is 5.31. The van der Waals surface area contributed by atoms with Crippen molar-refractivity contribution in [3.05, 3.63) is 22.7 Å². The van der Waals surface area contributed by atoms with Gasteiger partial charge in [-0.3, -0.25) is 0 Å². The van der Waals surface area contributed by atoms with Gasteiger partial charge in [-0.25, -0.2) is 13.1 Å². The van der Waals surface area contributed by atoms with Crippen LogP contribution in [0.3, 0.4) is 0 Å². The van der Waals surface area contributed by atoms with Crippen LogP contribution in [0.15, 0.2) is 22.7 Å². The van der Waals surface area contributed by atoms with Crippen LogP contribution in [-0.4, -0.2) is 40.6 Å². The highest BCUT2D eigenvalue weighted by atomic mass is 79.9. The third-order valence-electron chi connectivity index (χ3n) is 2.38. The Bertz CT molecular complexity index is 677. The zero-order chi connectivity index (χ0) is 14.0. The second-order valence-corrected chi connectivity index (χ2v) is 7.30. The Morgan fingerprint density at radius 2 is 2.11 bits per heavy atom. The summed E-state index contributed by atoms with van der Waals surface area (Å²) in [4.78, 5) is 0. The molecule has 0 aliphatic carbocycles. The third-order valence-corrected chi connectivity index (χ3v) is 3.77. The number of hydrogen-bond donors (Lipinski definition) is 1. The molecule has 2 N–H and O–H groups in total. The van der Waals surface area contributed by atoms with Gasteiger partial charge in [-0.05, 0) is 28.6 Å². The monoisotopic (exact) mass is 345 g/mol. The average Bonchev–Trinajstić information content (AvgIpc) is 2.72. The summed E-state index contributed by atoms with van der Waals surface area (Å²) in [5.41, 5.74) is 7.05. The number of nitrogens with two attached hydrogens (primary N) is 1. The Kier molecular flexibility index (Phi) is 3.85. The van der Waals surface area contributed by atoms with Crippen LogP contribution in [0.1, 0.15) is 0 Å². The molecule has 1 aromatic heterocycles. The minimum absolute atomic E-state index is 0.0193. The molecule has 0 radical (unpaired) electrons. The molecular formula is C10H12BrN5O2S. The molecule has 2 rings (SSSR count). The number of aromatic nitrogens is 4. The number of aryl methyl sites for hydroxylation is 1. The van der Waals surface area contributed by atoms with Gasteiger partial charge in [0.25, 0.3) is 0 Å². The zero-order valence-electron chi connectivity index (χ0n) is 10.1. The Morgan fingerprint density at radius 1 is 1.37 bits per heavy atom. The van der Waals surface area contributed by atoms with E-state index in [2.05, 4.69) is 31.5 Å². The maximum absolute atomic E-state index is 11.2. The molecule has 0 saturated heterocycles. The van der Waals surface area contributed by atoms with E-state index in [0.717, 1.165) is 10.0 Å². The molecule has 0 spiro atoms. The number of halogens is 1. The Labute approximate surface area is 118 Å². The van der Waals surface area contributed by atoms with E-state index in [0.29, 0.717) is 11.5 Å².